The summed E-state index contributed by atoms with van der Waals surface area (Å²) in [6.07, 6.45) is 2.82. The van der Waals surface area contributed by atoms with Gasteiger partial charge in [0.25, 0.3) is 0 Å². The average molecular weight is 388 g/mol. The first-order chi connectivity index (χ1) is 13.0. The highest BCUT2D eigenvalue weighted by atomic mass is 32.2. The fraction of sp³-hybridized carbons (Fsp3) is 0.368. The van der Waals surface area contributed by atoms with Crippen LogP contribution in [0, 0.1) is 0 Å². The number of nitrogens with zero attached hydrogens (tertiary/aromatic N) is 2. The molecule has 1 unspecified atom stereocenters. The Bertz CT molecular complexity index is 813. The summed E-state index contributed by atoms with van der Waals surface area (Å²) in [5.74, 6) is -0.656. The van der Waals surface area contributed by atoms with Gasteiger partial charge in [0.2, 0.25) is 5.91 Å². The largest absolute Gasteiger partial charge is 0.462 e. The zero-order chi connectivity index (χ0) is 19.8. The molecule has 0 saturated heterocycles. The van der Waals surface area contributed by atoms with Crippen molar-refractivity contribution in [2.45, 2.75) is 44.0 Å². The molecule has 1 aromatic carbocycles. The van der Waals surface area contributed by atoms with Crippen LogP contribution in [0.4, 0.5) is 11.5 Å². The van der Waals surface area contributed by atoms with Crippen LogP contribution >= 0.6 is 11.8 Å². The fourth-order valence-electron chi connectivity index (χ4n) is 2.34. The minimum atomic E-state index is -0.563. The quantitative estimate of drug-likeness (QED) is 0.406. The Morgan fingerprint density at radius 3 is 2.70 bits per heavy atom. The molecule has 0 saturated carbocycles. The third-order valence-electron chi connectivity index (χ3n) is 3.81. The predicted octanol–water partition coefficient (Wildman–Crippen LogP) is 3.31. The third kappa shape index (κ3) is 5.68. The standard InChI is InChI=1S/C19H24N4O3S/c1-4-12-8-7-9-13(10-12)22-17(24)15(5-2)27-19-21-11-14(16(20)23-19)18(25)26-6-3/h7-11,15H,4-6H2,1-3H3,(H,22,24)(H2,20,21,23). The zero-order valence-corrected chi connectivity index (χ0v) is 16.5. The summed E-state index contributed by atoms with van der Waals surface area (Å²) in [5, 5.41) is 2.88. The van der Waals surface area contributed by atoms with E-state index in [-0.39, 0.29) is 29.1 Å². The van der Waals surface area contributed by atoms with E-state index in [1.165, 1.54) is 18.0 Å². The highest BCUT2D eigenvalue weighted by Gasteiger charge is 2.21. The number of carbonyl (C=O) groups is 2. The molecule has 3 N–H and O–H groups in total. The van der Waals surface area contributed by atoms with Crippen LogP contribution in [0.25, 0.3) is 0 Å². The number of ether oxygens (including phenoxy) is 1. The van der Waals surface area contributed by atoms with Gasteiger partial charge < -0.3 is 15.8 Å². The average Bonchev–Trinajstić information content (AvgIpc) is 2.66. The van der Waals surface area contributed by atoms with E-state index in [9.17, 15) is 9.59 Å². The molecule has 0 aliphatic rings. The summed E-state index contributed by atoms with van der Waals surface area (Å²) in [4.78, 5) is 32.6. The van der Waals surface area contributed by atoms with Crippen LogP contribution in [0.1, 0.15) is 43.1 Å². The molecule has 0 spiro atoms. The first kappa shape index (κ1) is 20.7. The normalized spacial score (nSPS) is 11.7. The van der Waals surface area contributed by atoms with Crippen molar-refractivity contribution in [3.63, 3.8) is 0 Å². The molecule has 0 aliphatic heterocycles. The van der Waals surface area contributed by atoms with Gasteiger partial charge in [0.1, 0.15) is 11.4 Å². The van der Waals surface area contributed by atoms with Crippen molar-refractivity contribution in [3.05, 3.63) is 41.6 Å². The van der Waals surface area contributed by atoms with E-state index in [0.717, 1.165) is 17.7 Å². The van der Waals surface area contributed by atoms with Crippen molar-refractivity contribution >= 4 is 35.1 Å². The van der Waals surface area contributed by atoms with E-state index in [0.29, 0.717) is 11.6 Å². The van der Waals surface area contributed by atoms with Crippen LogP contribution in [0.2, 0.25) is 0 Å². The van der Waals surface area contributed by atoms with Gasteiger partial charge in [-0.1, -0.05) is 37.7 Å². The second-order valence-corrected chi connectivity index (χ2v) is 6.90. The Hall–Kier alpha value is -2.61. The van der Waals surface area contributed by atoms with E-state index in [1.54, 1.807) is 6.92 Å². The number of benzene rings is 1. The van der Waals surface area contributed by atoms with Gasteiger partial charge in [0.15, 0.2) is 5.16 Å². The van der Waals surface area contributed by atoms with E-state index in [1.807, 2.05) is 31.2 Å². The number of hydrogen-bond donors (Lipinski definition) is 2. The summed E-state index contributed by atoms with van der Waals surface area (Å²) in [5.41, 5.74) is 7.87. The molecule has 144 valence electrons. The Labute approximate surface area is 163 Å². The number of aromatic nitrogens is 2. The molecule has 2 rings (SSSR count). The van der Waals surface area contributed by atoms with Crippen LogP contribution in [0.3, 0.4) is 0 Å². The lowest BCUT2D eigenvalue weighted by Gasteiger charge is -2.14. The molecule has 1 aromatic heterocycles. The zero-order valence-electron chi connectivity index (χ0n) is 15.7. The monoisotopic (exact) mass is 388 g/mol. The maximum atomic E-state index is 12.6. The molecular weight excluding hydrogens is 364 g/mol. The Morgan fingerprint density at radius 2 is 2.07 bits per heavy atom. The molecule has 0 bridgehead atoms. The number of amides is 1. The van der Waals surface area contributed by atoms with Gasteiger partial charge in [-0.3, -0.25) is 4.79 Å². The lowest BCUT2D eigenvalue weighted by atomic mass is 10.1. The molecule has 8 heteroatoms. The summed E-state index contributed by atoms with van der Waals surface area (Å²) in [6, 6.07) is 7.75. The third-order valence-corrected chi connectivity index (χ3v) is 5.04. The molecule has 2 aromatic rings. The number of nitrogen functional groups attached to an aromatic ring is 1. The van der Waals surface area contributed by atoms with Gasteiger partial charge in [-0.05, 0) is 37.5 Å². The topological polar surface area (TPSA) is 107 Å². The first-order valence-corrected chi connectivity index (χ1v) is 9.72. The molecule has 0 fully saturated rings. The highest BCUT2D eigenvalue weighted by Crippen LogP contribution is 2.25. The summed E-state index contributed by atoms with van der Waals surface area (Å²) in [7, 11) is 0. The van der Waals surface area contributed by atoms with Crippen LogP contribution in [0.5, 0.6) is 0 Å². The maximum absolute atomic E-state index is 12.6. The van der Waals surface area contributed by atoms with E-state index >= 15 is 0 Å². The maximum Gasteiger partial charge on any atom is 0.343 e. The number of thioether (sulfide) groups is 1. The minimum absolute atomic E-state index is 0.0388. The number of hydrogen-bond acceptors (Lipinski definition) is 7. The first-order valence-electron chi connectivity index (χ1n) is 8.84. The number of carbonyl (C=O) groups excluding carboxylic acids is 2. The van der Waals surface area contributed by atoms with E-state index < -0.39 is 5.97 Å². The van der Waals surface area contributed by atoms with E-state index in [2.05, 4.69) is 22.2 Å². The molecule has 27 heavy (non-hydrogen) atoms. The second kappa shape index (κ2) is 9.91. The minimum Gasteiger partial charge on any atom is -0.462 e. The number of nitrogens with two attached hydrogens (primary N) is 1. The molecule has 7 nitrogen and oxygen atoms in total. The summed E-state index contributed by atoms with van der Waals surface area (Å²) in [6.45, 7) is 5.93. The highest BCUT2D eigenvalue weighted by molar-refractivity contribution is 8.00. The number of aryl methyl sites for hydroxylation is 1. The van der Waals surface area contributed by atoms with Gasteiger partial charge in [-0.15, -0.1) is 0 Å². The Balaban J connectivity index is 2.08. The second-order valence-electron chi connectivity index (χ2n) is 5.73. The molecule has 0 aliphatic carbocycles. The van der Waals surface area contributed by atoms with Crippen LogP contribution in [0.15, 0.2) is 35.6 Å². The number of rotatable bonds is 8. The number of nitrogens with one attached hydrogen (secondary N) is 1. The molecule has 1 heterocycles. The van der Waals surface area contributed by atoms with Gasteiger partial charge in [-0.2, -0.15) is 0 Å². The van der Waals surface area contributed by atoms with Crippen molar-refractivity contribution in [2.75, 3.05) is 17.7 Å². The lowest BCUT2D eigenvalue weighted by molar-refractivity contribution is -0.115. The fourth-order valence-corrected chi connectivity index (χ4v) is 3.19. The molecule has 1 amide bonds. The SMILES string of the molecule is CCOC(=O)c1cnc(SC(CC)C(=O)Nc2cccc(CC)c2)nc1N. The molecule has 0 radical (unpaired) electrons. The van der Waals surface area contributed by atoms with Crippen molar-refractivity contribution in [1.82, 2.24) is 9.97 Å². The number of anilines is 2. The molecular formula is C19H24N4O3S. The lowest BCUT2D eigenvalue weighted by Crippen LogP contribution is -2.25. The van der Waals surface area contributed by atoms with Crippen molar-refractivity contribution in [1.29, 1.82) is 0 Å². The van der Waals surface area contributed by atoms with Gasteiger partial charge in [0.05, 0.1) is 11.9 Å². The smallest absolute Gasteiger partial charge is 0.343 e. The summed E-state index contributed by atoms with van der Waals surface area (Å²) >= 11 is 1.21. The Kier molecular flexibility index (Phi) is 7.60. The van der Waals surface area contributed by atoms with Crippen LogP contribution in [-0.2, 0) is 16.0 Å². The van der Waals surface area contributed by atoms with Gasteiger partial charge in [0, 0.05) is 11.9 Å². The van der Waals surface area contributed by atoms with Crippen molar-refractivity contribution < 1.29 is 14.3 Å². The Morgan fingerprint density at radius 1 is 1.30 bits per heavy atom. The van der Waals surface area contributed by atoms with Crippen LogP contribution in [-0.4, -0.2) is 33.7 Å². The van der Waals surface area contributed by atoms with Crippen LogP contribution < -0.4 is 11.1 Å². The van der Waals surface area contributed by atoms with Gasteiger partial charge in [-0.25, -0.2) is 14.8 Å². The molecule has 1 atom stereocenters. The predicted molar refractivity (Wildman–Crippen MR) is 107 cm³/mol. The summed E-state index contributed by atoms with van der Waals surface area (Å²) < 4.78 is 4.90. The van der Waals surface area contributed by atoms with E-state index in [4.69, 9.17) is 10.5 Å². The van der Waals surface area contributed by atoms with Gasteiger partial charge >= 0.3 is 5.97 Å². The number of esters is 1. The van der Waals surface area contributed by atoms with Crippen molar-refractivity contribution in [2.24, 2.45) is 0 Å². The van der Waals surface area contributed by atoms with Crippen molar-refractivity contribution in [3.8, 4) is 0 Å².